The van der Waals surface area contributed by atoms with E-state index in [9.17, 15) is 0 Å². The van der Waals surface area contributed by atoms with Crippen molar-refractivity contribution in [1.82, 2.24) is 35.2 Å². The minimum Gasteiger partial charge on any atom is -0.245 e. The Bertz CT molecular complexity index is 362. The van der Waals surface area contributed by atoms with Crippen molar-refractivity contribution in [2.75, 3.05) is 0 Å². The van der Waals surface area contributed by atoms with Crippen LogP contribution in [0.1, 0.15) is 12.7 Å². The van der Waals surface area contributed by atoms with Gasteiger partial charge in [-0.3, -0.25) is 0 Å². The van der Waals surface area contributed by atoms with E-state index in [4.69, 9.17) is 0 Å². The first-order valence-electron chi connectivity index (χ1n) is 3.99. The van der Waals surface area contributed by atoms with Gasteiger partial charge in [0, 0.05) is 6.20 Å². The van der Waals surface area contributed by atoms with Crippen molar-refractivity contribution in [3.8, 4) is 0 Å². The fraction of sp³-hybridized carbons (Fsp3) is 0.500. The molecule has 0 saturated heterocycles. The first-order chi connectivity index (χ1) is 6.38. The van der Waals surface area contributed by atoms with E-state index in [1.54, 1.807) is 17.1 Å². The Hall–Kier alpha value is -1.79. The van der Waals surface area contributed by atoms with Gasteiger partial charge in [-0.2, -0.15) is 4.80 Å². The summed E-state index contributed by atoms with van der Waals surface area (Å²) in [7, 11) is 0. The molecule has 0 unspecified atom stereocenters. The summed E-state index contributed by atoms with van der Waals surface area (Å²) in [4.78, 5) is 1.53. The quantitative estimate of drug-likeness (QED) is 0.624. The molecule has 7 heteroatoms. The van der Waals surface area contributed by atoms with Crippen molar-refractivity contribution in [3.63, 3.8) is 0 Å². The molecule has 0 saturated carbocycles. The van der Waals surface area contributed by atoms with Gasteiger partial charge in [-0.25, -0.2) is 4.68 Å². The third-order valence-corrected chi connectivity index (χ3v) is 1.55. The van der Waals surface area contributed by atoms with Crippen LogP contribution in [0.3, 0.4) is 0 Å². The van der Waals surface area contributed by atoms with Crippen LogP contribution in [0.25, 0.3) is 0 Å². The highest BCUT2D eigenvalue weighted by Crippen LogP contribution is 1.90. The molecular weight excluding hydrogens is 170 g/mol. The van der Waals surface area contributed by atoms with E-state index in [2.05, 4.69) is 25.7 Å². The van der Waals surface area contributed by atoms with Gasteiger partial charge in [0.2, 0.25) is 0 Å². The number of aromatic nitrogens is 7. The molecule has 2 heterocycles. The van der Waals surface area contributed by atoms with Crippen LogP contribution >= 0.6 is 0 Å². The fourth-order valence-electron chi connectivity index (χ4n) is 0.936. The van der Waals surface area contributed by atoms with E-state index < -0.39 is 0 Å². The van der Waals surface area contributed by atoms with E-state index in [-0.39, 0.29) is 0 Å². The van der Waals surface area contributed by atoms with E-state index in [0.29, 0.717) is 12.4 Å². The molecule has 0 N–H and O–H groups in total. The van der Waals surface area contributed by atoms with Crippen LogP contribution in [0.5, 0.6) is 0 Å². The summed E-state index contributed by atoms with van der Waals surface area (Å²) in [5.74, 6) is 0.646. The lowest BCUT2D eigenvalue weighted by atomic mass is 10.6. The van der Waals surface area contributed by atoms with Gasteiger partial charge in [-0.15, -0.1) is 15.3 Å². The molecular formula is C6H9N7. The van der Waals surface area contributed by atoms with Gasteiger partial charge in [0.1, 0.15) is 6.54 Å². The molecule has 0 spiro atoms. The lowest BCUT2D eigenvalue weighted by Crippen LogP contribution is -2.03. The zero-order chi connectivity index (χ0) is 9.10. The molecule has 7 nitrogen and oxygen atoms in total. The van der Waals surface area contributed by atoms with Crippen LogP contribution in [0.4, 0.5) is 0 Å². The highest BCUT2D eigenvalue weighted by Gasteiger charge is 2.02. The molecule has 0 aliphatic heterocycles. The van der Waals surface area contributed by atoms with E-state index >= 15 is 0 Å². The van der Waals surface area contributed by atoms with Crippen LogP contribution in [0, 0.1) is 0 Å². The smallest absolute Gasteiger partial charge is 0.196 e. The molecule has 68 valence electrons. The minimum absolute atomic E-state index is 0.514. The summed E-state index contributed by atoms with van der Waals surface area (Å²) >= 11 is 0. The Morgan fingerprint density at radius 3 is 2.92 bits per heavy atom. The van der Waals surface area contributed by atoms with E-state index in [0.717, 1.165) is 6.54 Å². The molecule has 0 fully saturated rings. The molecule has 0 atom stereocenters. The van der Waals surface area contributed by atoms with Gasteiger partial charge in [0.15, 0.2) is 5.82 Å². The third kappa shape index (κ3) is 1.68. The van der Waals surface area contributed by atoms with Gasteiger partial charge in [0.25, 0.3) is 0 Å². The molecule has 0 aliphatic carbocycles. The minimum atomic E-state index is 0.514. The maximum Gasteiger partial charge on any atom is 0.196 e. The average molecular weight is 179 g/mol. The summed E-state index contributed by atoms with van der Waals surface area (Å²) in [5, 5.41) is 19.3. The molecule has 2 rings (SSSR count). The maximum atomic E-state index is 4.11. The standard InChI is InChI=1S/C6H9N7/c1-2-13-9-6(8-11-13)5-12-4-3-7-10-12/h3-4H,2,5H2,1H3. The second kappa shape index (κ2) is 3.30. The normalized spacial score (nSPS) is 10.5. The first-order valence-corrected chi connectivity index (χ1v) is 3.99. The largest absolute Gasteiger partial charge is 0.245 e. The Morgan fingerprint density at radius 1 is 1.38 bits per heavy atom. The predicted molar refractivity (Wildman–Crippen MR) is 42.6 cm³/mol. The number of tetrazole rings is 1. The monoisotopic (exact) mass is 179 g/mol. The Kier molecular flexibility index (Phi) is 1.99. The van der Waals surface area contributed by atoms with Crippen LogP contribution < -0.4 is 0 Å². The van der Waals surface area contributed by atoms with E-state index in [1.165, 1.54) is 4.80 Å². The molecule has 0 radical (unpaired) electrons. The van der Waals surface area contributed by atoms with Crippen LogP contribution in [-0.4, -0.2) is 35.2 Å². The molecule has 2 aromatic rings. The van der Waals surface area contributed by atoms with Crippen molar-refractivity contribution in [3.05, 3.63) is 18.2 Å². The van der Waals surface area contributed by atoms with Gasteiger partial charge in [-0.05, 0) is 12.1 Å². The zero-order valence-corrected chi connectivity index (χ0v) is 7.20. The summed E-state index contributed by atoms with van der Waals surface area (Å²) in [5.41, 5.74) is 0. The van der Waals surface area contributed by atoms with Crippen LogP contribution in [-0.2, 0) is 13.1 Å². The topological polar surface area (TPSA) is 74.3 Å². The van der Waals surface area contributed by atoms with Crippen molar-refractivity contribution in [1.29, 1.82) is 0 Å². The van der Waals surface area contributed by atoms with E-state index in [1.807, 2.05) is 6.92 Å². The second-order valence-electron chi connectivity index (χ2n) is 2.49. The Labute approximate surface area is 74.4 Å². The molecule has 13 heavy (non-hydrogen) atoms. The number of rotatable bonds is 3. The average Bonchev–Trinajstić information content (AvgIpc) is 2.76. The van der Waals surface area contributed by atoms with Gasteiger partial charge in [-0.1, -0.05) is 5.21 Å². The number of hydrogen-bond donors (Lipinski definition) is 0. The SMILES string of the molecule is CCn1nnc(Cn2ccnn2)n1. The fourth-order valence-corrected chi connectivity index (χ4v) is 0.936. The third-order valence-electron chi connectivity index (χ3n) is 1.55. The molecule has 2 aromatic heterocycles. The zero-order valence-electron chi connectivity index (χ0n) is 7.20. The first kappa shape index (κ1) is 7.84. The summed E-state index contributed by atoms with van der Waals surface area (Å²) in [6.07, 6.45) is 3.37. The highest BCUT2D eigenvalue weighted by molar-refractivity contribution is 4.79. The van der Waals surface area contributed by atoms with Gasteiger partial charge in [0.05, 0.1) is 12.7 Å². The molecule has 0 amide bonds. The molecule has 0 aromatic carbocycles. The summed E-state index contributed by atoms with van der Waals surface area (Å²) in [6, 6.07) is 0. The lowest BCUT2D eigenvalue weighted by molar-refractivity contribution is 0.546. The van der Waals surface area contributed by atoms with Crippen molar-refractivity contribution in [2.45, 2.75) is 20.0 Å². The summed E-state index contributed by atoms with van der Waals surface area (Å²) in [6.45, 7) is 3.20. The Morgan fingerprint density at radius 2 is 2.31 bits per heavy atom. The number of hydrogen-bond acceptors (Lipinski definition) is 5. The maximum absolute atomic E-state index is 4.11. The number of nitrogens with zero attached hydrogens (tertiary/aromatic N) is 7. The van der Waals surface area contributed by atoms with Crippen LogP contribution in [0.15, 0.2) is 12.4 Å². The van der Waals surface area contributed by atoms with Crippen molar-refractivity contribution in [2.24, 2.45) is 0 Å². The predicted octanol–water partition coefficient (Wildman–Crippen LogP) is -0.667. The van der Waals surface area contributed by atoms with Gasteiger partial charge < -0.3 is 0 Å². The molecule has 0 bridgehead atoms. The van der Waals surface area contributed by atoms with Gasteiger partial charge >= 0.3 is 0 Å². The summed E-state index contributed by atoms with van der Waals surface area (Å²) < 4.78 is 1.65. The molecule has 0 aliphatic rings. The number of aryl methyl sites for hydroxylation is 1. The second-order valence-corrected chi connectivity index (χ2v) is 2.49. The highest BCUT2D eigenvalue weighted by atomic mass is 15.6. The van der Waals surface area contributed by atoms with Crippen molar-refractivity contribution < 1.29 is 0 Å². The van der Waals surface area contributed by atoms with Crippen molar-refractivity contribution >= 4 is 0 Å². The van der Waals surface area contributed by atoms with Crippen LogP contribution in [0.2, 0.25) is 0 Å². The Balaban J connectivity index is 2.10. The lowest BCUT2D eigenvalue weighted by Gasteiger charge is -1.92.